The Kier molecular flexibility index (Phi) is 3.85. The Morgan fingerprint density at radius 2 is 2.00 bits per heavy atom. The van der Waals surface area contributed by atoms with Crippen LogP contribution in [-0.2, 0) is 0 Å². The second-order valence-electron chi connectivity index (χ2n) is 4.27. The molecule has 0 saturated heterocycles. The molecular weight excluding hydrogens is 247 g/mol. The first kappa shape index (κ1) is 13.1. The molecule has 0 amide bonds. The number of ether oxygens (including phenoxy) is 1. The van der Waals surface area contributed by atoms with Gasteiger partial charge in [-0.15, -0.1) is 10.2 Å². The van der Waals surface area contributed by atoms with Crippen LogP contribution in [0, 0.1) is 5.82 Å². The third-order valence-electron chi connectivity index (χ3n) is 2.40. The lowest BCUT2D eigenvalue weighted by molar-refractivity contribution is 0.111. The Balaban J connectivity index is 2.30. The second kappa shape index (κ2) is 5.56. The zero-order valence-corrected chi connectivity index (χ0v) is 10.6. The highest BCUT2D eigenvalue weighted by Crippen LogP contribution is 2.24. The average Bonchev–Trinajstić information content (AvgIpc) is 2.41. The summed E-state index contributed by atoms with van der Waals surface area (Å²) in [5.74, 6) is -0.247. The van der Waals surface area contributed by atoms with Crippen molar-refractivity contribution in [1.82, 2.24) is 10.2 Å². The lowest BCUT2D eigenvalue weighted by atomic mass is 10.1. The SMILES string of the molecule is CC(C)Oc1ccc(-c2ccc(C=O)nn2)cc1F. The first-order chi connectivity index (χ1) is 9.10. The Morgan fingerprint density at radius 1 is 1.21 bits per heavy atom. The van der Waals surface area contributed by atoms with Crippen LogP contribution in [0.2, 0.25) is 0 Å². The molecule has 2 aromatic rings. The molecule has 2 rings (SSSR count). The van der Waals surface area contributed by atoms with Crippen molar-refractivity contribution in [2.45, 2.75) is 20.0 Å². The van der Waals surface area contributed by atoms with Crippen molar-refractivity contribution in [1.29, 1.82) is 0 Å². The van der Waals surface area contributed by atoms with Crippen LogP contribution in [0.3, 0.4) is 0 Å². The van der Waals surface area contributed by atoms with Gasteiger partial charge in [0.25, 0.3) is 0 Å². The smallest absolute Gasteiger partial charge is 0.170 e. The van der Waals surface area contributed by atoms with Gasteiger partial charge in [-0.3, -0.25) is 4.79 Å². The fourth-order valence-corrected chi connectivity index (χ4v) is 1.57. The Hall–Kier alpha value is -2.30. The molecule has 19 heavy (non-hydrogen) atoms. The van der Waals surface area contributed by atoms with Gasteiger partial charge in [-0.05, 0) is 44.2 Å². The average molecular weight is 260 g/mol. The molecule has 0 spiro atoms. The molecule has 5 heteroatoms. The van der Waals surface area contributed by atoms with E-state index in [4.69, 9.17) is 4.74 Å². The third-order valence-corrected chi connectivity index (χ3v) is 2.40. The summed E-state index contributed by atoms with van der Waals surface area (Å²) in [6, 6.07) is 7.74. The van der Waals surface area contributed by atoms with Crippen LogP contribution in [0.15, 0.2) is 30.3 Å². The number of aldehydes is 1. The van der Waals surface area contributed by atoms with Crippen LogP contribution in [-0.4, -0.2) is 22.6 Å². The van der Waals surface area contributed by atoms with Crippen LogP contribution < -0.4 is 4.74 Å². The number of rotatable bonds is 4. The van der Waals surface area contributed by atoms with Gasteiger partial charge in [0.1, 0.15) is 5.69 Å². The van der Waals surface area contributed by atoms with E-state index in [2.05, 4.69) is 10.2 Å². The van der Waals surface area contributed by atoms with E-state index in [0.717, 1.165) is 0 Å². The van der Waals surface area contributed by atoms with Gasteiger partial charge in [0.05, 0.1) is 11.8 Å². The summed E-state index contributed by atoms with van der Waals surface area (Å²) in [5, 5.41) is 7.57. The maximum atomic E-state index is 13.8. The molecule has 0 radical (unpaired) electrons. The summed E-state index contributed by atoms with van der Waals surface area (Å²) in [7, 11) is 0. The first-order valence-electron chi connectivity index (χ1n) is 5.85. The lowest BCUT2D eigenvalue weighted by Gasteiger charge is -2.11. The third kappa shape index (κ3) is 3.13. The number of carbonyl (C=O) groups excluding carboxylic acids is 1. The number of hydrogen-bond donors (Lipinski definition) is 0. The maximum Gasteiger partial charge on any atom is 0.170 e. The molecule has 1 heterocycles. The summed E-state index contributed by atoms with van der Waals surface area (Å²) in [6.45, 7) is 3.66. The van der Waals surface area contributed by atoms with E-state index in [1.54, 1.807) is 18.2 Å². The molecule has 0 aliphatic carbocycles. The molecule has 1 aromatic heterocycles. The van der Waals surface area contributed by atoms with Crippen molar-refractivity contribution in [2.75, 3.05) is 0 Å². The number of hydrogen-bond acceptors (Lipinski definition) is 4. The van der Waals surface area contributed by atoms with Crippen molar-refractivity contribution in [3.05, 3.63) is 41.8 Å². The molecule has 98 valence electrons. The highest BCUT2D eigenvalue weighted by molar-refractivity contribution is 5.72. The summed E-state index contributed by atoms with van der Waals surface area (Å²) >= 11 is 0. The minimum Gasteiger partial charge on any atom is -0.488 e. The number of halogens is 1. The van der Waals surface area contributed by atoms with Crippen molar-refractivity contribution in [2.24, 2.45) is 0 Å². The van der Waals surface area contributed by atoms with Gasteiger partial charge in [-0.25, -0.2) is 4.39 Å². The fraction of sp³-hybridized carbons (Fsp3) is 0.214. The molecule has 0 N–H and O–H groups in total. The summed E-state index contributed by atoms with van der Waals surface area (Å²) in [5.41, 5.74) is 1.32. The van der Waals surface area contributed by atoms with E-state index in [-0.39, 0.29) is 17.5 Å². The van der Waals surface area contributed by atoms with Crippen molar-refractivity contribution >= 4 is 6.29 Å². The predicted molar refractivity (Wildman–Crippen MR) is 68.6 cm³/mol. The molecule has 0 aliphatic rings. The number of nitrogens with zero attached hydrogens (tertiary/aromatic N) is 2. The standard InChI is InChI=1S/C14H13FN2O2/c1-9(2)19-14-6-3-10(7-12(14)15)13-5-4-11(8-18)16-17-13/h3-9H,1-2H3. The molecule has 0 saturated carbocycles. The van der Waals surface area contributed by atoms with Gasteiger partial charge in [-0.1, -0.05) is 0 Å². The van der Waals surface area contributed by atoms with Crippen LogP contribution in [0.1, 0.15) is 24.3 Å². The Bertz CT molecular complexity index is 582. The van der Waals surface area contributed by atoms with Crippen LogP contribution in [0.5, 0.6) is 5.75 Å². The molecule has 0 unspecified atom stereocenters. The Morgan fingerprint density at radius 3 is 2.53 bits per heavy atom. The van der Waals surface area contributed by atoms with Crippen LogP contribution in [0.4, 0.5) is 4.39 Å². The van der Waals surface area contributed by atoms with Gasteiger partial charge in [0.2, 0.25) is 0 Å². The predicted octanol–water partition coefficient (Wildman–Crippen LogP) is 2.88. The van der Waals surface area contributed by atoms with Crippen LogP contribution >= 0.6 is 0 Å². The zero-order valence-electron chi connectivity index (χ0n) is 10.6. The van der Waals surface area contributed by atoms with Crippen molar-refractivity contribution < 1.29 is 13.9 Å². The molecule has 0 fully saturated rings. The van der Waals surface area contributed by atoms with Gasteiger partial charge in [-0.2, -0.15) is 0 Å². The van der Waals surface area contributed by atoms with E-state index < -0.39 is 5.82 Å². The minimum atomic E-state index is -0.451. The highest BCUT2D eigenvalue weighted by atomic mass is 19.1. The normalized spacial score (nSPS) is 10.5. The van der Waals surface area contributed by atoms with Crippen molar-refractivity contribution in [3.63, 3.8) is 0 Å². The van der Waals surface area contributed by atoms with E-state index in [9.17, 15) is 9.18 Å². The van der Waals surface area contributed by atoms with Gasteiger partial charge in [0, 0.05) is 5.56 Å². The molecule has 0 aliphatic heterocycles. The second-order valence-corrected chi connectivity index (χ2v) is 4.27. The molecule has 1 aromatic carbocycles. The fourth-order valence-electron chi connectivity index (χ4n) is 1.57. The van der Waals surface area contributed by atoms with Crippen molar-refractivity contribution in [3.8, 4) is 17.0 Å². The first-order valence-corrected chi connectivity index (χ1v) is 5.85. The van der Waals surface area contributed by atoms with E-state index in [0.29, 0.717) is 17.5 Å². The molecule has 4 nitrogen and oxygen atoms in total. The number of benzene rings is 1. The largest absolute Gasteiger partial charge is 0.488 e. The monoisotopic (exact) mass is 260 g/mol. The highest BCUT2D eigenvalue weighted by Gasteiger charge is 2.08. The molecule has 0 atom stereocenters. The quantitative estimate of drug-likeness (QED) is 0.793. The molecular formula is C14H13FN2O2. The summed E-state index contributed by atoms with van der Waals surface area (Å²) < 4.78 is 19.1. The minimum absolute atomic E-state index is 0.0907. The number of carbonyl (C=O) groups is 1. The van der Waals surface area contributed by atoms with E-state index >= 15 is 0 Å². The lowest BCUT2D eigenvalue weighted by Crippen LogP contribution is -2.06. The summed E-state index contributed by atoms with van der Waals surface area (Å²) in [6.07, 6.45) is 0.517. The molecule has 0 bridgehead atoms. The van der Waals surface area contributed by atoms with Gasteiger partial charge < -0.3 is 4.74 Å². The number of aromatic nitrogens is 2. The zero-order chi connectivity index (χ0) is 13.8. The van der Waals surface area contributed by atoms with Crippen LogP contribution in [0.25, 0.3) is 11.3 Å². The van der Waals surface area contributed by atoms with E-state index in [1.807, 2.05) is 13.8 Å². The maximum absolute atomic E-state index is 13.8. The topological polar surface area (TPSA) is 52.1 Å². The van der Waals surface area contributed by atoms with E-state index in [1.165, 1.54) is 12.1 Å². The van der Waals surface area contributed by atoms with Gasteiger partial charge in [0.15, 0.2) is 17.9 Å². The summed E-state index contributed by atoms with van der Waals surface area (Å²) in [4.78, 5) is 10.5. The van der Waals surface area contributed by atoms with Gasteiger partial charge >= 0.3 is 0 Å². The Labute approximate surface area is 110 Å².